The van der Waals surface area contributed by atoms with E-state index in [-0.39, 0.29) is 11.9 Å². The zero-order valence-corrected chi connectivity index (χ0v) is 11.7. The number of hydrogen-bond donors (Lipinski definition) is 1. The van der Waals surface area contributed by atoms with Crippen molar-refractivity contribution in [2.75, 3.05) is 7.11 Å². The van der Waals surface area contributed by atoms with Crippen molar-refractivity contribution in [2.45, 2.75) is 38.8 Å². The molecule has 106 valence electrons. The van der Waals surface area contributed by atoms with Crippen LogP contribution < -0.4 is 10.5 Å². The molecule has 0 radical (unpaired) electrons. The molecule has 2 N–H and O–H groups in total. The lowest BCUT2D eigenvalue weighted by Gasteiger charge is -2.26. The summed E-state index contributed by atoms with van der Waals surface area (Å²) < 4.78 is 23.3. The summed E-state index contributed by atoms with van der Waals surface area (Å²) in [5.41, 5.74) is 5.46. The van der Waals surface area contributed by atoms with Crippen LogP contribution in [0.5, 0.6) is 5.75 Å². The average Bonchev–Trinajstić information content (AvgIpc) is 2.31. The lowest BCUT2D eigenvalue weighted by atomic mass is 9.96. The van der Waals surface area contributed by atoms with Crippen LogP contribution in [0.25, 0.3) is 0 Å². The summed E-state index contributed by atoms with van der Waals surface area (Å²) in [7, 11) is 1.29. The van der Waals surface area contributed by atoms with E-state index in [4.69, 9.17) is 10.5 Å². The topological polar surface area (TPSA) is 61.5 Å². The maximum Gasteiger partial charge on any atom is 0.325 e. The molecule has 0 aliphatic rings. The summed E-state index contributed by atoms with van der Waals surface area (Å²) in [5, 5.41) is 0. The zero-order chi connectivity index (χ0) is 14.6. The summed E-state index contributed by atoms with van der Waals surface area (Å²) in [5.74, 6) is -0.218. The highest BCUT2D eigenvalue weighted by Crippen LogP contribution is 2.22. The molecule has 1 rings (SSSR count). The normalized spacial score (nSPS) is 15.5. The van der Waals surface area contributed by atoms with Gasteiger partial charge in [-0.25, -0.2) is 4.39 Å². The van der Waals surface area contributed by atoms with E-state index in [0.29, 0.717) is 17.7 Å². The minimum absolute atomic E-state index is 0.293. The van der Waals surface area contributed by atoms with E-state index in [1.807, 2.05) is 0 Å². The summed E-state index contributed by atoms with van der Waals surface area (Å²) in [6.45, 7) is 5.15. The highest BCUT2D eigenvalue weighted by atomic mass is 19.1. The highest BCUT2D eigenvalue weighted by molar-refractivity contribution is 5.79. The van der Waals surface area contributed by atoms with E-state index in [1.165, 1.54) is 19.2 Å². The second-order valence-corrected chi connectivity index (χ2v) is 4.95. The third-order valence-corrected chi connectivity index (χ3v) is 2.83. The fourth-order valence-electron chi connectivity index (χ4n) is 1.92. The highest BCUT2D eigenvalue weighted by Gasteiger charge is 2.32. The van der Waals surface area contributed by atoms with Crippen LogP contribution in [0.4, 0.5) is 4.39 Å². The summed E-state index contributed by atoms with van der Waals surface area (Å²) >= 11 is 0. The first-order valence-electron chi connectivity index (χ1n) is 6.06. The fraction of sp³-hybridized carbons (Fsp3) is 0.500. The molecule has 0 amide bonds. The molecule has 5 heteroatoms. The first-order chi connectivity index (χ1) is 8.76. The van der Waals surface area contributed by atoms with Crippen molar-refractivity contribution in [2.24, 2.45) is 5.73 Å². The SMILES string of the molecule is COC(=O)C(C)(N)CC(C)Oc1ccc(F)cc1C. The number of ether oxygens (including phenoxy) is 2. The number of hydrogen-bond acceptors (Lipinski definition) is 4. The molecule has 1 aromatic carbocycles. The van der Waals surface area contributed by atoms with E-state index in [0.717, 1.165) is 0 Å². The maximum absolute atomic E-state index is 13.0. The van der Waals surface area contributed by atoms with Gasteiger partial charge in [-0.3, -0.25) is 4.79 Å². The largest absolute Gasteiger partial charge is 0.490 e. The summed E-state index contributed by atoms with van der Waals surface area (Å²) in [4.78, 5) is 11.5. The number of esters is 1. The smallest absolute Gasteiger partial charge is 0.325 e. The monoisotopic (exact) mass is 269 g/mol. The minimum Gasteiger partial charge on any atom is -0.490 e. The van der Waals surface area contributed by atoms with Crippen molar-refractivity contribution in [3.63, 3.8) is 0 Å². The Morgan fingerprint density at radius 1 is 1.53 bits per heavy atom. The molecule has 0 aliphatic heterocycles. The van der Waals surface area contributed by atoms with Crippen molar-refractivity contribution in [3.8, 4) is 5.75 Å². The first kappa shape index (κ1) is 15.4. The zero-order valence-electron chi connectivity index (χ0n) is 11.7. The van der Waals surface area contributed by atoms with Gasteiger partial charge in [0.05, 0.1) is 13.2 Å². The van der Waals surface area contributed by atoms with E-state index >= 15 is 0 Å². The van der Waals surface area contributed by atoms with Gasteiger partial charge in [-0.2, -0.15) is 0 Å². The Labute approximate surface area is 112 Å². The molecule has 4 nitrogen and oxygen atoms in total. The molecular formula is C14H20FNO3. The second-order valence-electron chi connectivity index (χ2n) is 4.95. The number of methoxy groups -OCH3 is 1. The van der Waals surface area contributed by atoms with E-state index in [9.17, 15) is 9.18 Å². The van der Waals surface area contributed by atoms with E-state index < -0.39 is 11.5 Å². The minimum atomic E-state index is -1.11. The Bertz CT molecular complexity index is 460. The quantitative estimate of drug-likeness (QED) is 0.832. The van der Waals surface area contributed by atoms with E-state index in [2.05, 4.69) is 4.74 Å². The lowest BCUT2D eigenvalue weighted by molar-refractivity contribution is -0.147. The van der Waals surface area contributed by atoms with Crippen molar-refractivity contribution in [1.82, 2.24) is 0 Å². The lowest BCUT2D eigenvalue weighted by Crippen LogP contribution is -2.48. The Balaban J connectivity index is 2.70. The van der Waals surface area contributed by atoms with Gasteiger partial charge in [0.1, 0.15) is 17.1 Å². The fourth-order valence-corrected chi connectivity index (χ4v) is 1.92. The molecule has 19 heavy (non-hydrogen) atoms. The van der Waals surface area contributed by atoms with Crippen LogP contribution in [0.3, 0.4) is 0 Å². The second kappa shape index (κ2) is 6.02. The molecule has 0 saturated carbocycles. The molecule has 0 spiro atoms. The number of carbonyl (C=O) groups excluding carboxylic acids is 1. The molecule has 0 aromatic heterocycles. The number of benzene rings is 1. The van der Waals surface area contributed by atoms with Crippen LogP contribution in [0.15, 0.2) is 18.2 Å². The van der Waals surface area contributed by atoms with Gasteiger partial charge in [0, 0.05) is 6.42 Å². The van der Waals surface area contributed by atoms with Crippen LogP contribution in [0.2, 0.25) is 0 Å². The number of halogens is 1. The van der Waals surface area contributed by atoms with Crippen LogP contribution >= 0.6 is 0 Å². The summed E-state index contributed by atoms with van der Waals surface area (Å²) in [6.07, 6.45) is 0.00880. The predicted molar refractivity (Wildman–Crippen MR) is 70.5 cm³/mol. The van der Waals surface area contributed by atoms with Crippen LogP contribution in [0, 0.1) is 12.7 Å². The number of aryl methyl sites for hydroxylation is 1. The molecule has 2 unspecified atom stereocenters. The maximum atomic E-state index is 13.0. The standard InChI is InChI=1S/C14H20FNO3/c1-9-7-11(15)5-6-12(9)19-10(2)8-14(3,16)13(17)18-4/h5-7,10H,8,16H2,1-4H3. The van der Waals surface area contributed by atoms with Gasteiger partial charge in [-0.1, -0.05) is 0 Å². The molecule has 0 saturated heterocycles. The molecule has 0 bridgehead atoms. The van der Waals surface area contributed by atoms with Crippen LogP contribution in [-0.2, 0) is 9.53 Å². The van der Waals surface area contributed by atoms with Gasteiger partial charge in [0.25, 0.3) is 0 Å². The summed E-state index contributed by atoms with van der Waals surface area (Å²) in [6, 6.07) is 4.29. The predicted octanol–water partition coefficient (Wildman–Crippen LogP) is 2.18. The molecule has 0 fully saturated rings. The average molecular weight is 269 g/mol. The third kappa shape index (κ3) is 4.21. The van der Waals surface area contributed by atoms with Crippen molar-refractivity contribution < 1.29 is 18.7 Å². The Morgan fingerprint density at radius 3 is 2.68 bits per heavy atom. The number of rotatable bonds is 5. The van der Waals surface area contributed by atoms with Gasteiger partial charge in [0.2, 0.25) is 0 Å². The van der Waals surface area contributed by atoms with Gasteiger partial charge < -0.3 is 15.2 Å². The number of carbonyl (C=O) groups is 1. The van der Waals surface area contributed by atoms with Crippen LogP contribution in [0.1, 0.15) is 25.8 Å². The van der Waals surface area contributed by atoms with E-state index in [1.54, 1.807) is 26.8 Å². The Morgan fingerprint density at radius 2 is 2.16 bits per heavy atom. The third-order valence-electron chi connectivity index (χ3n) is 2.83. The molecule has 0 aliphatic carbocycles. The van der Waals surface area contributed by atoms with Crippen molar-refractivity contribution in [3.05, 3.63) is 29.6 Å². The van der Waals surface area contributed by atoms with Gasteiger partial charge >= 0.3 is 5.97 Å². The van der Waals surface area contributed by atoms with Crippen molar-refractivity contribution >= 4 is 5.97 Å². The number of nitrogens with two attached hydrogens (primary N) is 1. The molecule has 2 atom stereocenters. The Hall–Kier alpha value is -1.62. The van der Waals surface area contributed by atoms with Gasteiger partial charge in [-0.15, -0.1) is 0 Å². The van der Waals surface area contributed by atoms with Gasteiger partial charge in [0.15, 0.2) is 0 Å². The van der Waals surface area contributed by atoms with Crippen LogP contribution in [-0.4, -0.2) is 24.7 Å². The van der Waals surface area contributed by atoms with Gasteiger partial charge in [-0.05, 0) is 44.5 Å². The Kier molecular flexibility index (Phi) is 4.89. The molecule has 0 heterocycles. The molecular weight excluding hydrogens is 249 g/mol. The molecule has 1 aromatic rings. The van der Waals surface area contributed by atoms with Crippen molar-refractivity contribution in [1.29, 1.82) is 0 Å². The first-order valence-corrected chi connectivity index (χ1v) is 6.06.